The Bertz CT molecular complexity index is 670. The van der Waals surface area contributed by atoms with Gasteiger partial charge in [-0.25, -0.2) is 4.99 Å². The van der Waals surface area contributed by atoms with Gasteiger partial charge in [0.05, 0.1) is 13.2 Å². The summed E-state index contributed by atoms with van der Waals surface area (Å²) in [6.07, 6.45) is 0.925. The topological polar surface area (TPSA) is 66.0 Å². The van der Waals surface area contributed by atoms with Crippen LogP contribution >= 0.6 is 35.6 Å². The van der Waals surface area contributed by atoms with Crippen molar-refractivity contribution in [2.75, 3.05) is 26.2 Å². The average molecular weight is 523 g/mol. The van der Waals surface area contributed by atoms with E-state index in [0.29, 0.717) is 24.7 Å². The van der Waals surface area contributed by atoms with Gasteiger partial charge in [0, 0.05) is 42.2 Å². The molecule has 158 valence electrons. The molecule has 1 amide bonds. The maximum atomic E-state index is 12.2. The molecule has 0 radical (unpaired) electrons. The molecule has 1 aromatic carbocycles. The van der Waals surface area contributed by atoms with Gasteiger partial charge in [0.1, 0.15) is 5.75 Å². The highest BCUT2D eigenvalue weighted by molar-refractivity contribution is 14.0. The Hall–Kier alpha value is -1.22. The monoisotopic (exact) mass is 522 g/mol. The molecule has 1 heterocycles. The lowest BCUT2D eigenvalue weighted by atomic mass is 10.2. The number of guanidine groups is 1. The molecule has 8 heteroatoms. The molecule has 0 aliphatic carbocycles. The highest BCUT2D eigenvalue weighted by Crippen LogP contribution is 2.24. The van der Waals surface area contributed by atoms with Gasteiger partial charge in [-0.2, -0.15) is 0 Å². The average Bonchev–Trinajstić information content (AvgIpc) is 3.09. The summed E-state index contributed by atoms with van der Waals surface area (Å²) in [6.45, 7) is 11.2. The van der Waals surface area contributed by atoms with E-state index in [9.17, 15) is 4.79 Å². The van der Waals surface area contributed by atoms with Crippen LogP contribution in [0.2, 0.25) is 5.02 Å². The molecule has 0 aromatic heterocycles. The van der Waals surface area contributed by atoms with Crippen LogP contribution in [0.1, 0.15) is 39.7 Å². The molecular weight excluding hydrogens is 491 g/mol. The zero-order valence-electron chi connectivity index (χ0n) is 17.1. The van der Waals surface area contributed by atoms with E-state index in [0.717, 1.165) is 36.8 Å². The first kappa shape index (κ1) is 24.8. The number of hydrogen-bond acceptors (Lipinski definition) is 3. The summed E-state index contributed by atoms with van der Waals surface area (Å²) >= 11 is 6.07. The minimum Gasteiger partial charge on any atom is -0.493 e. The normalized spacial score (nSPS) is 16.7. The number of amides is 1. The first-order valence-electron chi connectivity index (χ1n) is 9.69. The molecule has 0 bridgehead atoms. The summed E-state index contributed by atoms with van der Waals surface area (Å²) in [6, 6.07) is 5.82. The number of rotatable bonds is 7. The summed E-state index contributed by atoms with van der Waals surface area (Å²) in [5.41, 5.74) is 0.987. The van der Waals surface area contributed by atoms with Crippen LogP contribution < -0.4 is 15.4 Å². The predicted molar refractivity (Wildman–Crippen MR) is 126 cm³/mol. The van der Waals surface area contributed by atoms with Crippen molar-refractivity contribution in [3.05, 3.63) is 28.8 Å². The Morgan fingerprint density at radius 3 is 2.79 bits per heavy atom. The van der Waals surface area contributed by atoms with Crippen LogP contribution in [0.25, 0.3) is 0 Å². The second kappa shape index (κ2) is 12.4. The molecule has 28 heavy (non-hydrogen) atoms. The summed E-state index contributed by atoms with van der Waals surface area (Å²) in [4.78, 5) is 18.8. The summed E-state index contributed by atoms with van der Waals surface area (Å²) < 4.78 is 5.67. The van der Waals surface area contributed by atoms with Gasteiger partial charge in [-0.3, -0.25) is 4.79 Å². The predicted octanol–water partition coefficient (Wildman–Crippen LogP) is 3.67. The van der Waals surface area contributed by atoms with Gasteiger partial charge in [0.25, 0.3) is 0 Å². The van der Waals surface area contributed by atoms with Crippen LogP contribution in [-0.2, 0) is 11.3 Å². The number of carbonyl (C=O) groups is 1. The first-order valence-corrected chi connectivity index (χ1v) is 10.1. The Balaban J connectivity index is 0.00000392. The van der Waals surface area contributed by atoms with Gasteiger partial charge in [-0.1, -0.05) is 31.5 Å². The second-order valence-electron chi connectivity index (χ2n) is 6.95. The fourth-order valence-electron chi connectivity index (χ4n) is 3.07. The first-order chi connectivity index (χ1) is 12.9. The van der Waals surface area contributed by atoms with E-state index in [-0.39, 0.29) is 41.8 Å². The van der Waals surface area contributed by atoms with Crippen LogP contribution in [0.3, 0.4) is 0 Å². The number of hydrogen-bond donors (Lipinski definition) is 2. The van der Waals surface area contributed by atoms with Crippen molar-refractivity contribution >= 4 is 47.4 Å². The van der Waals surface area contributed by atoms with Crippen molar-refractivity contribution in [1.82, 2.24) is 15.5 Å². The van der Waals surface area contributed by atoms with E-state index < -0.39 is 0 Å². The van der Waals surface area contributed by atoms with E-state index in [2.05, 4.69) is 10.6 Å². The molecule has 1 aliphatic rings. The second-order valence-corrected chi connectivity index (χ2v) is 7.39. The summed E-state index contributed by atoms with van der Waals surface area (Å²) in [5.74, 6) is 1.76. The van der Waals surface area contributed by atoms with Crippen LogP contribution in [0.15, 0.2) is 23.2 Å². The molecular formula is C20H32ClIN4O2. The molecule has 0 saturated carbocycles. The molecule has 1 unspecified atom stereocenters. The highest BCUT2D eigenvalue weighted by atomic mass is 127. The summed E-state index contributed by atoms with van der Waals surface area (Å²) in [5, 5.41) is 7.38. The van der Waals surface area contributed by atoms with Crippen LogP contribution in [0, 0.1) is 5.92 Å². The highest BCUT2D eigenvalue weighted by Gasteiger charge is 2.27. The molecule has 2 rings (SSSR count). The van der Waals surface area contributed by atoms with Gasteiger partial charge < -0.3 is 20.3 Å². The number of benzene rings is 1. The van der Waals surface area contributed by atoms with E-state index in [1.54, 1.807) is 0 Å². The van der Waals surface area contributed by atoms with E-state index in [1.165, 1.54) is 0 Å². The Labute approximate surface area is 190 Å². The number of halogens is 2. The van der Waals surface area contributed by atoms with Gasteiger partial charge >= 0.3 is 0 Å². The largest absolute Gasteiger partial charge is 0.493 e. The molecule has 1 aromatic rings. The van der Waals surface area contributed by atoms with Crippen molar-refractivity contribution in [2.24, 2.45) is 10.9 Å². The lowest BCUT2D eigenvalue weighted by Gasteiger charge is -2.20. The van der Waals surface area contributed by atoms with Gasteiger partial charge in [0.2, 0.25) is 5.91 Å². The zero-order chi connectivity index (χ0) is 19.8. The fourth-order valence-corrected chi connectivity index (χ4v) is 3.23. The summed E-state index contributed by atoms with van der Waals surface area (Å²) in [7, 11) is 0. The van der Waals surface area contributed by atoms with Crippen LogP contribution in [-0.4, -0.2) is 49.0 Å². The minimum atomic E-state index is 0. The molecule has 1 saturated heterocycles. The third kappa shape index (κ3) is 7.31. The minimum absolute atomic E-state index is 0. The van der Waals surface area contributed by atoms with Gasteiger partial charge in [-0.15, -0.1) is 24.0 Å². The maximum Gasteiger partial charge on any atom is 0.225 e. The van der Waals surface area contributed by atoms with Crippen molar-refractivity contribution < 1.29 is 9.53 Å². The lowest BCUT2D eigenvalue weighted by molar-refractivity contribution is -0.133. The number of aliphatic imine (C=N–C) groups is 1. The van der Waals surface area contributed by atoms with Crippen molar-refractivity contribution in [2.45, 2.75) is 46.7 Å². The van der Waals surface area contributed by atoms with Crippen molar-refractivity contribution in [1.29, 1.82) is 0 Å². The smallest absolute Gasteiger partial charge is 0.225 e. The third-order valence-electron chi connectivity index (χ3n) is 4.42. The quantitative estimate of drug-likeness (QED) is 0.326. The van der Waals surface area contributed by atoms with Crippen LogP contribution in [0.4, 0.5) is 0 Å². The van der Waals surface area contributed by atoms with Gasteiger partial charge in [0.15, 0.2) is 5.96 Å². The molecule has 6 nitrogen and oxygen atoms in total. The van der Waals surface area contributed by atoms with Crippen LogP contribution in [0.5, 0.6) is 5.75 Å². The Morgan fingerprint density at radius 1 is 1.39 bits per heavy atom. The van der Waals surface area contributed by atoms with Gasteiger partial charge in [-0.05, 0) is 32.4 Å². The number of nitrogens with zero attached hydrogens (tertiary/aromatic N) is 2. The molecule has 1 aliphatic heterocycles. The SMILES string of the molecule is CCNC(=NCc1ccc(Cl)cc1OCC)NC1CCN(C(=O)C(C)C)C1.I. The molecule has 1 fully saturated rings. The number of carbonyl (C=O) groups excluding carboxylic acids is 1. The number of likely N-dealkylation sites (tertiary alicyclic amines) is 1. The van der Waals surface area contributed by atoms with E-state index >= 15 is 0 Å². The van der Waals surface area contributed by atoms with E-state index in [1.807, 2.05) is 50.8 Å². The zero-order valence-corrected chi connectivity index (χ0v) is 20.2. The van der Waals surface area contributed by atoms with Crippen molar-refractivity contribution in [3.8, 4) is 5.75 Å². The van der Waals surface area contributed by atoms with Crippen molar-refractivity contribution in [3.63, 3.8) is 0 Å². The Morgan fingerprint density at radius 2 is 2.14 bits per heavy atom. The third-order valence-corrected chi connectivity index (χ3v) is 4.65. The Kier molecular flexibility index (Phi) is 11.0. The molecule has 2 N–H and O–H groups in total. The molecule has 1 atom stereocenters. The maximum absolute atomic E-state index is 12.2. The lowest BCUT2D eigenvalue weighted by Crippen LogP contribution is -2.45. The number of ether oxygens (including phenoxy) is 1. The van der Waals surface area contributed by atoms with E-state index in [4.69, 9.17) is 21.3 Å². The standard InChI is InChI=1S/C20H31ClN4O2.HI/c1-5-22-20(24-17-9-10-25(13-17)19(26)14(3)4)23-12-15-7-8-16(21)11-18(15)27-6-2;/h7-8,11,14,17H,5-6,9-10,12-13H2,1-4H3,(H2,22,23,24);1H. The fraction of sp³-hybridized carbons (Fsp3) is 0.600. The molecule has 0 spiro atoms. The number of nitrogens with one attached hydrogen (secondary N) is 2.